The fourth-order valence-corrected chi connectivity index (χ4v) is 1.62. The van der Waals surface area contributed by atoms with Gasteiger partial charge in [-0.15, -0.1) is 10.2 Å². The van der Waals surface area contributed by atoms with Gasteiger partial charge in [0.15, 0.2) is 0 Å². The number of aromatic nitrogens is 6. The molecule has 0 saturated heterocycles. The number of hydrogen-bond acceptors (Lipinski definition) is 5. The van der Waals surface area contributed by atoms with Gasteiger partial charge in [0.25, 0.3) is 0 Å². The Kier molecular flexibility index (Phi) is 2.26. The average Bonchev–Trinajstić information content (AvgIpc) is 2.99. The van der Waals surface area contributed by atoms with Crippen molar-refractivity contribution in [1.29, 1.82) is 0 Å². The number of nitrogen functional groups attached to an aromatic ring is 1. The van der Waals surface area contributed by atoms with Crippen molar-refractivity contribution >= 4 is 5.82 Å². The first kappa shape index (κ1) is 10.4. The molecule has 1 aromatic carbocycles. The quantitative estimate of drug-likeness (QED) is 0.695. The topological polar surface area (TPSA) is 98.3 Å². The molecule has 0 fully saturated rings. The minimum Gasteiger partial charge on any atom is -0.383 e. The monoisotopic (exact) mass is 245 g/mol. The maximum Gasteiger partial charge on any atom is 0.209 e. The standard InChI is InChI=1S/C10H8FN7/c11-7-3-1-2-4-8(7)18-9(12)6(5-13-18)10-14-16-17-15-10/h1-5H,12H2,(H,14,15,16,17). The lowest BCUT2D eigenvalue weighted by Gasteiger charge is -2.05. The second-order valence-corrected chi connectivity index (χ2v) is 3.54. The zero-order chi connectivity index (χ0) is 12.5. The van der Waals surface area contributed by atoms with Crippen LogP contribution < -0.4 is 5.73 Å². The predicted molar refractivity (Wildman–Crippen MR) is 61.1 cm³/mol. The molecule has 0 bridgehead atoms. The molecule has 0 amide bonds. The number of halogens is 1. The average molecular weight is 245 g/mol. The Hall–Kier alpha value is -2.77. The molecule has 0 aliphatic heterocycles. The predicted octanol–water partition coefficient (Wildman–Crippen LogP) is 0.774. The molecule has 0 spiro atoms. The van der Waals surface area contributed by atoms with E-state index in [1.165, 1.54) is 16.9 Å². The number of H-pyrrole nitrogens is 1. The molecule has 3 aromatic rings. The fourth-order valence-electron chi connectivity index (χ4n) is 1.62. The molecule has 7 nitrogen and oxygen atoms in total. The van der Waals surface area contributed by atoms with Crippen molar-refractivity contribution in [2.45, 2.75) is 0 Å². The van der Waals surface area contributed by atoms with Crippen LogP contribution >= 0.6 is 0 Å². The van der Waals surface area contributed by atoms with E-state index in [1.807, 2.05) is 0 Å². The fraction of sp³-hybridized carbons (Fsp3) is 0. The highest BCUT2D eigenvalue weighted by molar-refractivity contribution is 5.69. The number of nitrogens with one attached hydrogen (secondary N) is 1. The zero-order valence-electron chi connectivity index (χ0n) is 9.08. The van der Waals surface area contributed by atoms with E-state index in [0.717, 1.165) is 0 Å². The van der Waals surface area contributed by atoms with Gasteiger partial charge in [0.1, 0.15) is 17.3 Å². The van der Waals surface area contributed by atoms with Crippen LogP contribution in [0.15, 0.2) is 30.5 Å². The van der Waals surface area contributed by atoms with E-state index >= 15 is 0 Å². The molecule has 0 unspecified atom stereocenters. The summed E-state index contributed by atoms with van der Waals surface area (Å²) in [5.41, 5.74) is 6.67. The SMILES string of the molecule is Nc1c(-c2nn[nH]n2)cnn1-c1ccccc1F. The number of tetrazole rings is 1. The largest absolute Gasteiger partial charge is 0.383 e. The molecule has 0 aliphatic carbocycles. The Morgan fingerprint density at radius 1 is 1.28 bits per heavy atom. The second kappa shape index (κ2) is 3.91. The first-order valence-electron chi connectivity index (χ1n) is 5.09. The molecular weight excluding hydrogens is 237 g/mol. The van der Waals surface area contributed by atoms with E-state index in [-0.39, 0.29) is 11.5 Å². The van der Waals surface area contributed by atoms with Crippen molar-refractivity contribution in [3.8, 4) is 17.1 Å². The van der Waals surface area contributed by atoms with Crippen LogP contribution in [-0.4, -0.2) is 30.4 Å². The van der Waals surface area contributed by atoms with E-state index < -0.39 is 5.82 Å². The van der Waals surface area contributed by atoms with Crippen LogP contribution in [0.3, 0.4) is 0 Å². The summed E-state index contributed by atoms with van der Waals surface area (Å²) in [6, 6.07) is 6.22. The Morgan fingerprint density at radius 3 is 2.83 bits per heavy atom. The molecule has 0 aliphatic rings. The normalized spacial score (nSPS) is 10.7. The zero-order valence-corrected chi connectivity index (χ0v) is 9.08. The van der Waals surface area contributed by atoms with Gasteiger partial charge in [-0.25, -0.2) is 9.07 Å². The molecule has 18 heavy (non-hydrogen) atoms. The van der Waals surface area contributed by atoms with Crippen LogP contribution in [-0.2, 0) is 0 Å². The van der Waals surface area contributed by atoms with E-state index in [1.54, 1.807) is 18.2 Å². The van der Waals surface area contributed by atoms with Crippen LogP contribution in [0.1, 0.15) is 0 Å². The van der Waals surface area contributed by atoms with Crippen LogP contribution in [0.5, 0.6) is 0 Å². The summed E-state index contributed by atoms with van der Waals surface area (Å²) in [5.74, 6) is 0.156. The third-order valence-corrected chi connectivity index (χ3v) is 2.47. The third-order valence-electron chi connectivity index (χ3n) is 2.47. The van der Waals surface area contributed by atoms with Crippen molar-refractivity contribution in [1.82, 2.24) is 30.4 Å². The minimum absolute atomic E-state index is 0.251. The maximum absolute atomic E-state index is 13.6. The molecule has 3 rings (SSSR count). The van der Waals surface area contributed by atoms with Crippen molar-refractivity contribution in [3.63, 3.8) is 0 Å². The smallest absolute Gasteiger partial charge is 0.209 e. The lowest BCUT2D eigenvalue weighted by molar-refractivity contribution is 0.612. The summed E-state index contributed by atoms with van der Waals surface area (Å²) in [5, 5.41) is 17.4. The molecule has 8 heteroatoms. The molecule has 0 saturated carbocycles. The number of para-hydroxylation sites is 1. The second-order valence-electron chi connectivity index (χ2n) is 3.54. The molecule has 0 atom stereocenters. The summed E-state index contributed by atoms with van der Waals surface area (Å²) >= 11 is 0. The van der Waals surface area contributed by atoms with Crippen molar-refractivity contribution in [3.05, 3.63) is 36.3 Å². The molecule has 2 heterocycles. The molecular formula is C10H8FN7. The van der Waals surface area contributed by atoms with Gasteiger partial charge < -0.3 is 5.73 Å². The van der Waals surface area contributed by atoms with Gasteiger partial charge in [-0.3, -0.25) is 0 Å². The first-order valence-corrected chi connectivity index (χ1v) is 5.09. The van der Waals surface area contributed by atoms with Crippen molar-refractivity contribution < 1.29 is 4.39 Å². The number of anilines is 1. The number of nitrogens with zero attached hydrogens (tertiary/aromatic N) is 5. The molecule has 0 radical (unpaired) electrons. The van der Waals surface area contributed by atoms with Crippen molar-refractivity contribution in [2.75, 3.05) is 5.73 Å². The van der Waals surface area contributed by atoms with E-state index in [0.29, 0.717) is 11.4 Å². The number of benzene rings is 1. The molecule has 2 aromatic heterocycles. The lowest BCUT2D eigenvalue weighted by Crippen LogP contribution is -2.04. The highest BCUT2D eigenvalue weighted by atomic mass is 19.1. The van der Waals surface area contributed by atoms with Crippen molar-refractivity contribution in [2.24, 2.45) is 0 Å². The van der Waals surface area contributed by atoms with E-state index in [4.69, 9.17) is 5.73 Å². The van der Waals surface area contributed by atoms with Gasteiger partial charge in [0, 0.05) is 0 Å². The van der Waals surface area contributed by atoms with Gasteiger partial charge in [0.05, 0.1) is 11.8 Å². The Labute approximate surface area is 100 Å². The summed E-state index contributed by atoms with van der Waals surface area (Å²) in [7, 11) is 0. The van der Waals surface area contributed by atoms with Gasteiger partial charge in [-0.2, -0.15) is 10.3 Å². The molecule has 3 N–H and O–H groups in total. The van der Waals surface area contributed by atoms with Gasteiger partial charge in [-0.05, 0) is 17.3 Å². The Bertz CT molecular complexity index is 673. The summed E-state index contributed by atoms with van der Waals surface area (Å²) in [6.07, 6.45) is 1.46. The maximum atomic E-state index is 13.6. The minimum atomic E-state index is -0.410. The highest BCUT2D eigenvalue weighted by Gasteiger charge is 2.15. The molecule has 90 valence electrons. The summed E-state index contributed by atoms with van der Waals surface area (Å²) in [6.45, 7) is 0. The third kappa shape index (κ3) is 1.51. The van der Waals surface area contributed by atoms with Gasteiger partial charge >= 0.3 is 0 Å². The van der Waals surface area contributed by atoms with Crippen LogP contribution in [0.25, 0.3) is 17.1 Å². The highest BCUT2D eigenvalue weighted by Crippen LogP contribution is 2.24. The summed E-state index contributed by atoms with van der Waals surface area (Å²) in [4.78, 5) is 0. The van der Waals surface area contributed by atoms with Crippen LogP contribution in [0, 0.1) is 5.82 Å². The van der Waals surface area contributed by atoms with E-state index in [9.17, 15) is 4.39 Å². The van der Waals surface area contributed by atoms with E-state index in [2.05, 4.69) is 25.7 Å². The lowest BCUT2D eigenvalue weighted by atomic mass is 10.3. The number of nitrogens with two attached hydrogens (primary N) is 1. The Balaban J connectivity index is 2.14. The summed E-state index contributed by atoms with van der Waals surface area (Å²) < 4.78 is 14.9. The van der Waals surface area contributed by atoms with Crippen LogP contribution in [0.2, 0.25) is 0 Å². The number of hydrogen-bond donors (Lipinski definition) is 2. The first-order chi connectivity index (χ1) is 8.77. The van der Waals surface area contributed by atoms with Gasteiger partial charge in [0.2, 0.25) is 5.82 Å². The Morgan fingerprint density at radius 2 is 2.11 bits per heavy atom. The number of rotatable bonds is 2. The number of aromatic amines is 1. The van der Waals surface area contributed by atoms with Crippen LogP contribution in [0.4, 0.5) is 10.2 Å². The van der Waals surface area contributed by atoms with Gasteiger partial charge in [-0.1, -0.05) is 12.1 Å².